The highest BCUT2D eigenvalue weighted by Gasteiger charge is 2.23. The molecule has 1 aliphatic heterocycles. The Hall–Kier alpha value is -0.910. The van der Waals surface area contributed by atoms with Crippen LogP contribution in [0.5, 0.6) is 0 Å². The molecule has 1 saturated heterocycles. The quantitative estimate of drug-likeness (QED) is 0.927. The number of rotatable bonds is 3. The first kappa shape index (κ1) is 14.5. The molecule has 0 aliphatic carbocycles. The van der Waals surface area contributed by atoms with Gasteiger partial charge in [0.2, 0.25) is 5.91 Å². The van der Waals surface area contributed by atoms with Crippen molar-refractivity contribution >= 4 is 27.5 Å². The number of ether oxygens (including phenoxy) is 1. The number of anilines is 1. The summed E-state index contributed by atoms with van der Waals surface area (Å²) >= 11 is 3.39. The van der Waals surface area contributed by atoms with E-state index in [0.29, 0.717) is 6.54 Å². The van der Waals surface area contributed by atoms with E-state index >= 15 is 0 Å². The van der Waals surface area contributed by atoms with Crippen molar-refractivity contribution in [2.75, 3.05) is 25.0 Å². The van der Waals surface area contributed by atoms with Crippen LogP contribution in [0.3, 0.4) is 0 Å². The van der Waals surface area contributed by atoms with Crippen LogP contribution in [-0.2, 0) is 9.53 Å². The molecule has 0 bridgehead atoms. The molecular weight excluding hydrogens is 308 g/mol. The number of carbonyl (C=O) groups excluding carboxylic acids is 1. The van der Waals surface area contributed by atoms with Gasteiger partial charge >= 0.3 is 0 Å². The maximum absolute atomic E-state index is 12.0. The average molecular weight is 327 g/mol. The highest BCUT2D eigenvalue weighted by atomic mass is 79.9. The van der Waals surface area contributed by atoms with Gasteiger partial charge < -0.3 is 10.1 Å². The first-order valence-corrected chi connectivity index (χ1v) is 7.25. The number of nitrogens with one attached hydrogen (secondary N) is 1. The van der Waals surface area contributed by atoms with E-state index in [-0.39, 0.29) is 18.1 Å². The first-order valence-electron chi connectivity index (χ1n) is 6.46. The van der Waals surface area contributed by atoms with E-state index in [1.54, 1.807) is 0 Å². The van der Waals surface area contributed by atoms with Crippen LogP contribution in [0.2, 0.25) is 0 Å². The molecule has 2 rings (SSSR count). The van der Waals surface area contributed by atoms with Gasteiger partial charge in [-0.2, -0.15) is 0 Å². The summed E-state index contributed by atoms with van der Waals surface area (Å²) in [6.07, 6.45) is 0.366. The van der Waals surface area contributed by atoms with Crippen molar-refractivity contribution in [2.24, 2.45) is 0 Å². The summed E-state index contributed by atoms with van der Waals surface area (Å²) in [5.41, 5.74) is 0.814. The molecule has 0 aromatic heterocycles. The molecule has 5 heteroatoms. The highest BCUT2D eigenvalue weighted by molar-refractivity contribution is 9.10. The number of benzene rings is 1. The summed E-state index contributed by atoms with van der Waals surface area (Å²) in [6.45, 7) is 6.08. The van der Waals surface area contributed by atoms with E-state index in [0.717, 1.165) is 23.2 Å². The molecule has 1 aromatic carbocycles. The smallest absolute Gasteiger partial charge is 0.238 e. The van der Waals surface area contributed by atoms with E-state index in [2.05, 4.69) is 26.1 Å². The Morgan fingerprint density at radius 2 is 2.11 bits per heavy atom. The summed E-state index contributed by atoms with van der Waals surface area (Å²) < 4.78 is 6.61. The number of carbonyl (C=O) groups is 1. The third-order valence-corrected chi connectivity index (χ3v) is 3.46. The second-order valence-electron chi connectivity index (χ2n) is 5.01. The first-order chi connectivity index (χ1) is 9.02. The standard InChI is InChI=1S/C14H19BrN2O2/c1-10-7-17(8-11(2)19-10)9-14(18)16-13-5-3-4-12(15)6-13/h3-6,10-11H,7-9H2,1-2H3,(H,16,18)/t10-,11+. The summed E-state index contributed by atoms with van der Waals surface area (Å²) in [4.78, 5) is 14.1. The molecule has 0 saturated carbocycles. The Morgan fingerprint density at radius 1 is 1.42 bits per heavy atom. The number of morpholine rings is 1. The third-order valence-electron chi connectivity index (χ3n) is 2.97. The van der Waals surface area contributed by atoms with Gasteiger partial charge in [0, 0.05) is 23.2 Å². The Bertz CT molecular complexity index is 443. The number of hydrogen-bond donors (Lipinski definition) is 1. The van der Waals surface area contributed by atoms with Gasteiger partial charge in [0.05, 0.1) is 18.8 Å². The fraction of sp³-hybridized carbons (Fsp3) is 0.500. The van der Waals surface area contributed by atoms with Gasteiger partial charge in [-0.1, -0.05) is 22.0 Å². The topological polar surface area (TPSA) is 41.6 Å². The van der Waals surface area contributed by atoms with Crippen LogP contribution in [-0.4, -0.2) is 42.6 Å². The van der Waals surface area contributed by atoms with Crippen LogP contribution in [0.15, 0.2) is 28.7 Å². The number of amides is 1. The molecule has 19 heavy (non-hydrogen) atoms. The van der Waals surface area contributed by atoms with Crippen LogP contribution in [0.25, 0.3) is 0 Å². The maximum atomic E-state index is 12.0. The fourth-order valence-corrected chi connectivity index (χ4v) is 2.78. The molecule has 0 radical (unpaired) electrons. The summed E-state index contributed by atoms with van der Waals surface area (Å²) in [5, 5.41) is 2.91. The number of hydrogen-bond acceptors (Lipinski definition) is 3. The minimum Gasteiger partial charge on any atom is -0.373 e. The van der Waals surface area contributed by atoms with Gasteiger partial charge in [-0.15, -0.1) is 0 Å². The van der Waals surface area contributed by atoms with Gasteiger partial charge in [-0.3, -0.25) is 9.69 Å². The molecule has 1 aromatic rings. The Balaban J connectivity index is 1.87. The second kappa shape index (κ2) is 6.50. The summed E-state index contributed by atoms with van der Waals surface area (Å²) in [6, 6.07) is 7.61. The minimum absolute atomic E-state index is 0.0133. The molecule has 1 fully saturated rings. The Kier molecular flexibility index (Phi) is 4.96. The SMILES string of the molecule is C[C@@H]1CN(CC(=O)Nc2cccc(Br)c2)C[C@H](C)O1. The normalized spacial score (nSPS) is 24.2. The van der Waals surface area contributed by atoms with Gasteiger partial charge in [0.25, 0.3) is 0 Å². The van der Waals surface area contributed by atoms with Crippen LogP contribution in [0.4, 0.5) is 5.69 Å². The van der Waals surface area contributed by atoms with E-state index in [1.807, 2.05) is 38.1 Å². The molecule has 1 heterocycles. The number of nitrogens with zero attached hydrogens (tertiary/aromatic N) is 1. The van der Waals surface area contributed by atoms with Crippen LogP contribution in [0, 0.1) is 0 Å². The van der Waals surface area contributed by atoms with Crippen molar-refractivity contribution < 1.29 is 9.53 Å². The van der Waals surface area contributed by atoms with Crippen molar-refractivity contribution in [1.29, 1.82) is 0 Å². The fourth-order valence-electron chi connectivity index (χ4n) is 2.38. The maximum Gasteiger partial charge on any atom is 0.238 e. The van der Waals surface area contributed by atoms with Crippen LogP contribution in [0.1, 0.15) is 13.8 Å². The van der Waals surface area contributed by atoms with E-state index in [9.17, 15) is 4.79 Å². The van der Waals surface area contributed by atoms with Crippen molar-refractivity contribution in [1.82, 2.24) is 4.90 Å². The van der Waals surface area contributed by atoms with Gasteiger partial charge in [0.1, 0.15) is 0 Å². The summed E-state index contributed by atoms with van der Waals surface area (Å²) in [7, 11) is 0. The van der Waals surface area contributed by atoms with Crippen molar-refractivity contribution in [2.45, 2.75) is 26.1 Å². The molecular formula is C14H19BrN2O2. The Labute approximate surface area is 122 Å². The average Bonchev–Trinajstić information content (AvgIpc) is 2.26. The largest absolute Gasteiger partial charge is 0.373 e. The molecule has 1 aliphatic rings. The lowest BCUT2D eigenvalue weighted by atomic mass is 10.2. The molecule has 1 N–H and O–H groups in total. The van der Waals surface area contributed by atoms with Gasteiger partial charge in [-0.05, 0) is 32.0 Å². The van der Waals surface area contributed by atoms with E-state index in [4.69, 9.17) is 4.74 Å². The van der Waals surface area contributed by atoms with E-state index in [1.165, 1.54) is 0 Å². The number of halogens is 1. The molecule has 104 valence electrons. The van der Waals surface area contributed by atoms with Crippen LogP contribution < -0.4 is 5.32 Å². The predicted molar refractivity (Wildman–Crippen MR) is 79.2 cm³/mol. The zero-order valence-corrected chi connectivity index (χ0v) is 12.8. The zero-order valence-electron chi connectivity index (χ0n) is 11.2. The summed E-state index contributed by atoms with van der Waals surface area (Å²) in [5.74, 6) is 0.0133. The molecule has 4 nitrogen and oxygen atoms in total. The Morgan fingerprint density at radius 3 is 2.74 bits per heavy atom. The molecule has 2 atom stereocenters. The molecule has 0 unspecified atom stereocenters. The molecule has 0 spiro atoms. The minimum atomic E-state index is 0.0133. The lowest BCUT2D eigenvalue weighted by molar-refractivity contribution is -0.121. The lowest BCUT2D eigenvalue weighted by Crippen LogP contribution is -2.48. The zero-order chi connectivity index (χ0) is 13.8. The van der Waals surface area contributed by atoms with Crippen molar-refractivity contribution in [3.63, 3.8) is 0 Å². The van der Waals surface area contributed by atoms with Gasteiger partial charge in [0.15, 0.2) is 0 Å². The van der Waals surface area contributed by atoms with E-state index < -0.39 is 0 Å². The van der Waals surface area contributed by atoms with Crippen molar-refractivity contribution in [3.05, 3.63) is 28.7 Å². The van der Waals surface area contributed by atoms with Crippen molar-refractivity contribution in [3.8, 4) is 0 Å². The third kappa shape index (κ3) is 4.60. The second-order valence-corrected chi connectivity index (χ2v) is 5.93. The lowest BCUT2D eigenvalue weighted by Gasteiger charge is -2.34. The highest BCUT2D eigenvalue weighted by Crippen LogP contribution is 2.16. The molecule has 1 amide bonds. The van der Waals surface area contributed by atoms with Gasteiger partial charge in [-0.25, -0.2) is 0 Å². The van der Waals surface area contributed by atoms with Crippen LogP contribution >= 0.6 is 15.9 Å². The monoisotopic (exact) mass is 326 g/mol. The predicted octanol–water partition coefficient (Wildman–Crippen LogP) is 2.50.